The van der Waals surface area contributed by atoms with Crippen LogP contribution in [0.3, 0.4) is 0 Å². The van der Waals surface area contributed by atoms with E-state index >= 15 is 0 Å². The highest BCUT2D eigenvalue weighted by Crippen LogP contribution is 2.32. The van der Waals surface area contributed by atoms with Crippen LogP contribution in [-0.4, -0.2) is 26.2 Å². The molecule has 1 aromatic carbocycles. The Balaban J connectivity index is 0.00000280. The van der Waals surface area contributed by atoms with Gasteiger partial charge in [-0.15, -0.1) is 35.3 Å². The first-order valence-electron chi connectivity index (χ1n) is 9.50. The fourth-order valence-electron chi connectivity index (χ4n) is 3.26. The van der Waals surface area contributed by atoms with E-state index < -0.39 is 0 Å². The number of halogens is 1. The van der Waals surface area contributed by atoms with E-state index in [-0.39, 0.29) is 24.0 Å². The van der Waals surface area contributed by atoms with Gasteiger partial charge in [0.2, 0.25) is 0 Å². The molecule has 154 valence electrons. The van der Waals surface area contributed by atoms with E-state index in [9.17, 15) is 0 Å². The van der Waals surface area contributed by atoms with Crippen molar-refractivity contribution in [2.45, 2.75) is 51.8 Å². The lowest BCUT2D eigenvalue weighted by Gasteiger charge is -2.17. The number of hydrogen-bond donors (Lipinski definition) is 2. The Morgan fingerprint density at radius 3 is 2.54 bits per heavy atom. The highest BCUT2D eigenvalue weighted by Gasteiger charge is 2.18. The van der Waals surface area contributed by atoms with Crippen LogP contribution in [0.25, 0.3) is 0 Å². The van der Waals surface area contributed by atoms with Crippen molar-refractivity contribution >= 4 is 41.3 Å². The maximum Gasteiger partial charge on any atom is 0.191 e. The number of rotatable bonds is 7. The van der Waals surface area contributed by atoms with Crippen molar-refractivity contribution < 1.29 is 9.47 Å². The van der Waals surface area contributed by atoms with Gasteiger partial charge in [-0.3, -0.25) is 4.99 Å². The number of methoxy groups -OCH3 is 1. The van der Waals surface area contributed by atoms with Crippen molar-refractivity contribution in [1.29, 1.82) is 0 Å². The van der Waals surface area contributed by atoms with E-state index in [1.807, 2.05) is 12.1 Å². The van der Waals surface area contributed by atoms with Gasteiger partial charge in [0, 0.05) is 18.5 Å². The zero-order chi connectivity index (χ0) is 19.1. The largest absolute Gasteiger partial charge is 0.493 e. The second-order valence-corrected chi connectivity index (χ2v) is 7.82. The summed E-state index contributed by atoms with van der Waals surface area (Å²) in [5.41, 5.74) is 2.44. The highest BCUT2D eigenvalue weighted by molar-refractivity contribution is 14.0. The van der Waals surface area contributed by atoms with Crippen LogP contribution in [0.2, 0.25) is 0 Å². The summed E-state index contributed by atoms with van der Waals surface area (Å²) in [7, 11) is 3.48. The van der Waals surface area contributed by atoms with E-state index in [1.54, 1.807) is 25.5 Å². The van der Waals surface area contributed by atoms with Crippen LogP contribution in [0, 0.1) is 6.92 Å². The number of nitrogens with one attached hydrogen (secondary N) is 2. The Kier molecular flexibility index (Phi) is 9.37. The lowest BCUT2D eigenvalue weighted by Crippen LogP contribution is -2.36. The molecule has 1 aliphatic rings. The lowest BCUT2D eigenvalue weighted by molar-refractivity contribution is 0.200. The molecule has 2 aromatic rings. The van der Waals surface area contributed by atoms with Crippen LogP contribution in [0.5, 0.6) is 11.5 Å². The summed E-state index contributed by atoms with van der Waals surface area (Å²) in [6, 6.07) is 8.27. The number of benzene rings is 1. The summed E-state index contributed by atoms with van der Waals surface area (Å²) < 4.78 is 11.7. The molecule has 0 amide bonds. The van der Waals surface area contributed by atoms with Crippen molar-refractivity contribution in [3.05, 3.63) is 45.6 Å². The highest BCUT2D eigenvalue weighted by atomic mass is 127. The quantitative estimate of drug-likeness (QED) is 0.314. The molecular formula is C21H30IN3O2S. The molecule has 1 aliphatic carbocycles. The van der Waals surface area contributed by atoms with Crippen molar-refractivity contribution in [3.8, 4) is 11.5 Å². The van der Waals surface area contributed by atoms with Crippen LogP contribution >= 0.6 is 35.3 Å². The molecule has 1 saturated carbocycles. The Morgan fingerprint density at radius 2 is 1.89 bits per heavy atom. The topological polar surface area (TPSA) is 54.9 Å². The molecule has 0 saturated heterocycles. The standard InChI is InChI=1S/C21H29N3O2S.HI/c1-15-10-11-27-20(15)14-24-21(22-2)23-13-16-8-9-18(19(12-16)25-3)26-17-6-4-5-7-17;/h8-12,17H,4-7,13-14H2,1-3H3,(H2,22,23,24);1H. The van der Waals surface area contributed by atoms with Crippen LogP contribution in [0.15, 0.2) is 34.6 Å². The molecule has 3 rings (SSSR count). The van der Waals surface area contributed by atoms with Gasteiger partial charge in [0.15, 0.2) is 17.5 Å². The van der Waals surface area contributed by atoms with Crippen molar-refractivity contribution in [2.75, 3.05) is 14.2 Å². The van der Waals surface area contributed by atoms with Gasteiger partial charge >= 0.3 is 0 Å². The fourth-order valence-corrected chi connectivity index (χ4v) is 4.11. The number of nitrogens with zero attached hydrogens (tertiary/aromatic N) is 1. The second-order valence-electron chi connectivity index (χ2n) is 6.82. The molecule has 0 spiro atoms. The Morgan fingerprint density at radius 1 is 1.14 bits per heavy atom. The normalized spacial score (nSPS) is 14.5. The number of ether oxygens (including phenoxy) is 2. The average molecular weight is 515 g/mol. The zero-order valence-electron chi connectivity index (χ0n) is 16.8. The zero-order valence-corrected chi connectivity index (χ0v) is 19.9. The SMILES string of the molecule is CN=C(NCc1ccc(OC2CCCC2)c(OC)c1)NCc1sccc1C.I. The van der Waals surface area contributed by atoms with E-state index in [1.165, 1.54) is 23.3 Å². The molecule has 1 fully saturated rings. The molecule has 1 heterocycles. The third-order valence-corrected chi connectivity index (χ3v) is 5.91. The number of hydrogen-bond acceptors (Lipinski definition) is 4. The monoisotopic (exact) mass is 515 g/mol. The van der Waals surface area contributed by atoms with Gasteiger partial charge in [0.25, 0.3) is 0 Å². The summed E-state index contributed by atoms with van der Waals surface area (Å²) >= 11 is 1.76. The van der Waals surface area contributed by atoms with E-state index in [2.05, 4.69) is 40.1 Å². The number of guanidine groups is 1. The van der Waals surface area contributed by atoms with Crippen LogP contribution in [-0.2, 0) is 13.1 Å². The van der Waals surface area contributed by atoms with Crippen LogP contribution in [0.1, 0.15) is 41.7 Å². The van der Waals surface area contributed by atoms with Gasteiger partial charge in [0.1, 0.15) is 0 Å². The lowest BCUT2D eigenvalue weighted by atomic mass is 10.2. The molecule has 0 radical (unpaired) electrons. The maximum absolute atomic E-state index is 6.11. The molecule has 1 aromatic heterocycles. The van der Waals surface area contributed by atoms with Crippen molar-refractivity contribution in [3.63, 3.8) is 0 Å². The predicted molar refractivity (Wildman–Crippen MR) is 127 cm³/mol. The molecular weight excluding hydrogens is 485 g/mol. The maximum atomic E-state index is 6.11. The van der Waals surface area contributed by atoms with Crippen molar-refractivity contribution in [1.82, 2.24) is 10.6 Å². The Hall–Kier alpha value is -1.48. The first-order valence-corrected chi connectivity index (χ1v) is 10.4. The van der Waals surface area contributed by atoms with E-state index in [0.29, 0.717) is 12.6 Å². The minimum Gasteiger partial charge on any atom is -0.493 e. The summed E-state index contributed by atoms with van der Waals surface area (Å²) in [4.78, 5) is 5.63. The molecule has 0 unspecified atom stereocenters. The van der Waals surface area contributed by atoms with Gasteiger partial charge in [-0.1, -0.05) is 6.07 Å². The van der Waals surface area contributed by atoms with Crippen molar-refractivity contribution in [2.24, 2.45) is 4.99 Å². The number of aliphatic imine (C=N–C) groups is 1. The third kappa shape index (κ3) is 6.27. The number of aryl methyl sites for hydroxylation is 1. The predicted octanol–water partition coefficient (Wildman–Crippen LogP) is 4.87. The van der Waals surface area contributed by atoms with Gasteiger partial charge in [-0.25, -0.2) is 0 Å². The summed E-state index contributed by atoms with van der Waals surface area (Å²) in [6.07, 6.45) is 5.11. The minimum atomic E-state index is 0. The summed E-state index contributed by atoms with van der Waals surface area (Å²) in [5, 5.41) is 8.84. The second kappa shape index (κ2) is 11.5. The summed E-state index contributed by atoms with van der Waals surface area (Å²) in [5.74, 6) is 2.41. The molecule has 28 heavy (non-hydrogen) atoms. The number of thiophene rings is 1. The molecule has 0 bridgehead atoms. The smallest absolute Gasteiger partial charge is 0.191 e. The van der Waals surface area contributed by atoms with Gasteiger partial charge in [0.05, 0.1) is 19.8 Å². The molecule has 5 nitrogen and oxygen atoms in total. The van der Waals surface area contributed by atoms with Crippen LogP contribution in [0.4, 0.5) is 0 Å². The van der Waals surface area contributed by atoms with Gasteiger partial charge in [-0.05, 0) is 67.3 Å². The van der Waals surface area contributed by atoms with Gasteiger partial charge < -0.3 is 20.1 Å². The first kappa shape index (κ1) is 22.8. The first-order chi connectivity index (χ1) is 13.2. The molecule has 0 atom stereocenters. The minimum absolute atomic E-state index is 0. The molecule has 7 heteroatoms. The molecule has 2 N–H and O–H groups in total. The Labute approximate surface area is 189 Å². The molecule has 0 aliphatic heterocycles. The average Bonchev–Trinajstić information content (AvgIpc) is 3.34. The fraction of sp³-hybridized carbons (Fsp3) is 0.476. The van der Waals surface area contributed by atoms with Crippen LogP contribution < -0.4 is 20.1 Å². The Bertz CT molecular complexity index is 773. The van der Waals surface area contributed by atoms with E-state index in [4.69, 9.17) is 9.47 Å². The van der Waals surface area contributed by atoms with Gasteiger partial charge in [-0.2, -0.15) is 0 Å². The third-order valence-electron chi connectivity index (χ3n) is 4.89. The summed E-state index contributed by atoms with van der Waals surface area (Å²) in [6.45, 7) is 3.58. The van der Waals surface area contributed by atoms with E-state index in [0.717, 1.165) is 42.4 Å².